The first kappa shape index (κ1) is 13.1. The van der Waals surface area contributed by atoms with Crippen LogP contribution >= 0.6 is 11.3 Å². The molecule has 1 N–H and O–H groups in total. The van der Waals surface area contributed by atoms with Gasteiger partial charge in [0.2, 0.25) is 0 Å². The highest BCUT2D eigenvalue weighted by atomic mass is 32.1. The molecule has 17 heavy (non-hydrogen) atoms. The maximum Gasteiger partial charge on any atom is 0.0813 e. The summed E-state index contributed by atoms with van der Waals surface area (Å²) in [4.78, 5) is 7.19. The Balaban J connectivity index is 2.02. The van der Waals surface area contributed by atoms with Gasteiger partial charge in [-0.1, -0.05) is 18.9 Å². The highest BCUT2D eigenvalue weighted by Gasteiger charge is 2.28. The molecule has 0 saturated heterocycles. The Labute approximate surface area is 108 Å². The molecule has 1 atom stereocenters. The topological polar surface area (TPSA) is 21.3 Å². The van der Waals surface area contributed by atoms with E-state index in [1.165, 1.54) is 30.6 Å². The van der Waals surface area contributed by atoms with Crippen LogP contribution < -0.4 is 5.48 Å². The predicted molar refractivity (Wildman–Crippen MR) is 73.0 cm³/mol. The van der Waals surface area contributed by atoms with E-state index in [1.54, 1.807) is 0 Å². The normalized spacial score (nSPS) is 19.7. The van der Waals surface area contributed by atoms with Gasteiger partial charge in [-0.05, 0) is 51.0 Å². The van der Waals surface area contributed by atoms with E-state index in [4.69, 9.17) is 4.84 Å². The zero-order valence-corrected chi connectivity index (χ0v) is 11.8. The van der Waals surface area contributed by atoms with Gasteiger partial charge in [0.15, 0.2) is 0 Å². The number of rotatable bonds is 4. The quantitative estimate of drug-likeness (QED) is 0.808. The molecule has 2 nitrogen and oxygen atoms in total. The van der Waals surface area contributed by atoms with Crippen LogP contribution in [0, 0.1) is 5.92 Å². The number of hydroxylamine groups is 1. The van der Waals surface area contributed by atoms with E-state index >= 15 is 0 Å². The van der Waals surface area contributed by atoms with E-state index in [-0.39, 0.29) is 5.60 Å². The molecule has 0 aromatic carbocycles. The molecule has 0 amide bonds. The maximum absolute atomic E-state index is 5.78. The molecule has 1 aliphatic rings. The van der Waals surface area contributed by atoms with Crippen molar-refractivity contribution in [3.8, 4) is 0 Å². The molecular weight excluding hydrogens is 230 g/mol. The molecule has 0 bridgehead atoms. The molecule has 0 radical (unpaired) electrons. The summed E-state index contributed by atoms with van der Waals surface area (Å²) >= 11 is 1.83. The van der Waals surface area contributed by atoms with E-state index in [2.05, 4.69) is 43.8 Å². The van der Waals surface area contributed by atoms with Gasteiger partial charge in [0, 0.05) is 4.88 Å². The third-order valence-electron chi connectivity index (χ3n) is 3.21. The first-order chi connectivity index (χ1) is 8.06. The first-order valence-electron chi connectivity index (χ1n) is 6.53. The van der Waals surface area contributed by atoms with Gasteiger partial charge in [0.25, 0.3) is 0 Å². The standard InChI is InChI=1S/C14H23NOS/c1-14(2,3)16-15-13(11-7-4-5-8-11)12-9-6-10-17-12/h6,9-11,13,15H,4-5,7-8H2,1-3H3. The lowest BCUT2D eigenvalue weighted by Gasteiger charge is -2.28. The van der Waals surface area contributed by atoms with Crippen LogP contribution in [0.5, 0.6) is 0 Å². The van der Waals surface area contributed by atoms with E-state index in [0.717, 1.165) is 5.92 Å². The second-order valence-corrected chi connectivity index (χ2v) is 6.85. The highest BCUT2D eigenvalue weighted by Crippen LogP contribution is 2.37. The first-order valence-corrected chi connectivity index (χ1v) is 7.41. The monoisotopic (exact) mass is 253 g/mol. The van der Waals surface area contributed by atoms with Crippen LogP contribution in [0.4, 0.5) is 0 Å². The zero-order valence-electron chi connectivity index (χ0n) is 11.0. The summed E-state index contributed by atoms with van der Waals surface area (Å²) in [7, 11) is 0. The molecule has 1 aromatic rings. The van der Waals surface area contributed by atoms with Crippen LogP contribution in [-0.4, -0.2) is 5.60 Å². The van der Waals surface area contributed by atoms with Crippen molar-refractivity contribution < 1.29 is 4.84 Å². The third-order valence-corrected chi connectivity index (χ3v) is 4.17. The Morgan fingerprint density at radius 1 is 1.35 bits per heavy atom. The lowest BCUT2D eigenvalue weighted by Crippen LogP contribution is -2.34. The molecule has 0 aliphatic heterocycles. The van der Waals surface area contributed by atoms with E-state index < -0.39 is 0 Å². The Kier molecular flexibility index (Phi) is 4.23. The van der Waals surface area contributed by atoms with Crippen LogP contribution in [-0.2, 0) is 4.84 Å². The summed E-state index contributed by atoms with van der Waals surface area (Å²) in [6.45, 7) is 6.25. The smallest absolute Gasteiger partial charge is 0.0813 e. The van der Waals surface area contributed by atoms with Crippen LogP contribution in [0.25, 0.3) is 0 Å². The lowest BCUT2D eigenvalue weighted by atomic mass is 9.97. The minimum absolute atomic E-state index is 0.131. The van der Waals surface area contributed by atoms with Crippen LogP contribution in [0.2, 0.25) is 0 Å². The predicted octanol–water partition coefficient (Wildman–Crippen LogP) is 4.30. The Hall–Kier alpha value is -0.380. The van der Waals surface area contributed by atoms with Gasteiger partial charge >= 0.3 is 0 Å². The fraction of sp³-hybridized carbons (Fsp3) is 0.714. The summed E-state index contributed by atoms with van der Waals surface area (Å²) in [5.41, 5.74) is 3.18. The molecule has 1 fully saturated rings. The number of hydrogen-bond acceptors (Lipinski definition) is 3. The Morgan fingerprint density at radius 3 is 2.59 bits per heavy atom. The fourth-order valence-electron chi connectivity index (χ4n) is 2.39. The molecule has 1 aliphatic carbocycles. The van der Waals surface area contributed by atoms with Crippen molar-refractivity contribution in [1.82, 2.24) is 5.48 Å². The van der Waals surface area contributed by atoms with Crippen molar-refractivity contribution >= 4 is 11.3 Å². The summed E-state index contributed by atoms with van der Waals surface area (Å²) in [6, 6.07) is 4.71. The van der Waals surface area contributed by atoms with Crippen molar-refractivity contribution in [2.24, 2.45) is 5.92 Å². The lowest BCUT2D eigenvalue weighted by molar-refractivity contribution is -0.0964. The molecule has 1 aromatic heterocycles. The van der Waals surface area contributed by atoms with Gasteiger partial charge < -0.3 is 0 Å². The largest absolute Gasteiger partial charge is 0.295 e. The van der Waals surface area contributed by atoms with Gasteiger partial charge in [-0.25, -0.2) is 0 Å². The van der Waals surface area contributed by atoms with Gasteiger partial charge in [-0.2, -0.15) is 5.48 Å². The van der Waals surface area contributed by atoms with E-state index in [1.807, 2.05) is 11.3 Å². The third kappa shape index (κ3) is 3.80. The zero-order chi connectivity index (χ0) is 12.3. The average Bonchev–Trinajstić information content (AvgIpc) is 2.86. The van der Waals surface area contributed by atoms with Gasteiger partial charge in [-0.3, -0.25) is 4.84 Å². The van der Waals surface area contributed by atoms with Gasteiger partial charge in [0.1, 0.15) is 0 Å². The van der Waals surface area contributed by atoms with Crippen LogP contribution in [0.15, 0.2) is 17.5 Å². The van der Waals surface area contributed by atoms with Crippen LogP contribution in [0.3, 0.4) is 0 Å². The summed E-state index contributed by atoms with van der Waals surface area (Å²) < 4.78 is 0. The van der Waals surface area contributed by atoms with Crippen molar-refractivity contribution in [1.29, 1.82) is 0 Å². The highest BCUT2D eigenvalue weighted by molar-refractivity contribution is 7.10. The maximum atomic E-state index is 5.78. The number of hydrogen-bond donors (Lipinski definition) is 1. The van der Waals surface area contributed by atoms with Crippen molar-refractivity contribution in [3.63, 3.8) is 0 Å². The van der Waals surface area contributed by atoms with Crippen molar-refractivity contribution in [2.75, 3.05) is 0 Å². The molecule has 0 spiro atoms. The Morgan fingerprint density at radius 2 is 2.06 bits per heavy atom. The van der Waals surface area contributed by atoms with E-state index in [0.29, 0.717) is 6.04 Å². The molecule has 1 saturated carbocycles. The van der Waals surface area contributed by atoms with Gasteiger partial charge in [-0.15, -0.1) is 11.3 Å². The molecule has 2 rings (SSSR count). The second-order valence-electron chi connectivity index (χ2n) is 5.87. The van der Waals surface area contributed by atoms with E-state index in [9.17, 15) is 0 Å². The summed E-state index contributed by atoms with van der Waals surface area (Å²) in [5.74, 6) is 0.732. The Bertz CT molecular complexity index is 322. The summed E-state index contributed by atoms with van der Waals surface area (Å²) in [6.07, 6.45) is 5.37. The van der Waals surface area contributed by atoms with Gasteiger partial charge in [0.05, 0.1) is 11.6 Å². The molecule has 1 heterocycles. The number of nitrogens with one attached hydrogen (secondary N) is 1. The molecule has 96 valence electrons. The number of thiophene rings is 1. The SMILES string of the molecule is CC(C)(C)ONC(c1cccs1)C1CCCC1. The van der Waals surface area contributed by atoms with Crippen LogP contribution in [0.1, 0.15) is 57.4 Å². The summed E-state index contributed by atoms with van der Waals surface area (Å²) in [5, 5.41) is 2.15. The average molecular weight is 253 g/mol. The van der Waals surface area contributed by atoms with Crippen molar-refractivity contribution in [2.45, 2.75) is 58.1 Å². The fourth-order valence-corrected chi connectivity index (χ4v) is 3.24. The second kappa shape index (κ2) is 5.51. The molecule has 3 heteroatoms. The molecular formula is C14H23NOS. The molecule has 1 unspecified atom stereocenters. The van der Waals surface area contributed by atoms with Crippen molar-refractivity contribution in [3.05, 3.63) is 22.4 Å². The minimum Gasteiger partial charge on any atom is -0.295 e. The minimum atomic E-state index is -0.131.